The molecule has 1 aliphatic heterocycles. The Morgan fingerprint density at radius 1 is 1.61 bits per heavy atom. The zero-order valence-electron chi connectivity index (χ0n) is 10.5. The maximum atomic E-state index is 8.76. The van der Waals surface area contributed by atoms with Crippen LogP contribution in [-0.2, 0) is 4.74 Å². The summed E-state index contributed by atoms with van der Waals surface area (Å²) in [5, 5.41) is 12.0. The van der Waals surface area contributed by atoms with E-state index in [9.17, 15) is 0 Å². The third kappa shape index (κ3) is 3.13. The number of benzene rings is 1. The van der Waals surface area contributed by atoms with Gasteiger partial charge in [-0.15, -0.1) is 0 Å². The summed E-state index contributed by atoms with van der Waals surface area (Å²) < 4.78 is 5.66. The first-order valence-corrected chi connectivity index (χ1v) is 6.02. The molecular weight excluding hydrogens is 228 g/mol. The number of morpholine rings is 1. The normalized spacial score (nSPS) is 20.3. The Balaban J connectivity index is 1.92. The highest BCUT2D eigenvalue weighted by Gasteiger charge is 2.17. The van der Waals surface area contributed by atoms with Crippen LogP contribution in [0.25, 0.3) is 0 Å². The molecule has 18 heavy (non-hydrogen) atoms. The molecule has 0 saturated carbocycles. The Kier molecular flexibility index (Phi) is 4.03. The van der Waals surface area contributed by atoms with Gasteiger partial charge in [-0.05, 0) is 25.2 Å². The molecule has 96 valence electrons. The number of rotatable bonds is 3. The van der Waals surface area contributed by atoms with Crippen molar-refractivity contribution in [2.75, 3.05) is 44.3 Å². The summed E-state index contributed by atoms with van der Waals surface area (Å²) in [6, 6.07) is 7.33. The van der Waals surface area contributed by atoms with Crippen molar-refractivity contribution in [2.45, 2.75) is 6.10 Å². The van der Waals surface area contributed by atoms with Gasteiger partial charge in [-0.25, -0.2) is 0 Å². The smallest absolute Gasteiger partial charge is 0.0992 e. The Morgan fingerprint density at radius 3 is 3.11 bits per heavy atom. The summed E-state index contributed by atoms with van der Waals surface area (Å²) in [4.78, 5) is 2.25. The fraction of sp³-hybridized carbons (Fsp3) is 0.462. The average molecular weight is 246 g/mol. The predicted molar refractivity (Wildman–Crippen MR) is 71.3 cm³/mol. The topological polar surface area (TPSA) is 74.3 Å². The van der Waals surface area contributed by atoms with Crippen LogP contribution < -0.4 is 11.1 Å². The lowest BCUT2D eigenvalue weighted by molar-refractivity contribution is -0.0117. The first kappa shape index (κ1) is 12.7. The summed E-state index contributed by atoms with van der Waals surface area (Å²) in [5.74, 6) is 0. The lowest BCUT2D eigenvalue weighted by atomic mass is 10.2. The second kappa shape index (κ2) is 5.71. The molecule has 1 atom stereocenters. The van der Waals surface area contributed by atoms with Gasteiger partial charge in [-0.3, -0.25) is 0 Å². The van der Waals surface area contributed by atoms with Gasteiger partial charge < -0.3 is 20.7 Å². The largest absolute Gasteiger partial charge is 0.397 e. The SMILES string of the molecule is CN1CCOC(CNc2ccc(C#N)cc2N)C1. The molecule has 1 aromatic rings. The van der Waals surface area contributed by atoms with Crippen molar-refractivity contribution < 1.29 is 4.74 Å². The Labute approximate surface area is 107 Å². The van der Waals surface area contributed by atoms with Crippen LogP contribution in [0.4, 0.5) is 11.4 Å². The van der Waals surface area contributed by atoms with Crippen LogP contribution in [0.15, 0.2) is 18.2 Å². The van der Waals surface area contributed by atoms with E-state index < -0.39 is 0 Å². The van der Waals surface area contributed by atoms with E-state index in [1.807, 2.05) is 6.07 Å². The molecule has 1 aromatic carbocycles. The number of nitrogens with two attached hydrogens (primary N) is 1. The van der Waals surface area contributed by atoms with E-state index >= 15 is 0 Å². The van der Waals surface area contributed by atoms with Crippen molar-refractivity contribution in [3.8, 4) is 6.07 Å². The van der Waals surface area contributed by atoms with Crippen molar-refractivity contribution in [3.05, 3.63) is 23.8 Å². The summed E-state index contributed by atoms with van der Waals surface area (Å²) >= 11 is 0. The minimum atomic E-state index is 0.179. The van der Waals surface area contributed by atoms with Gasteiger partial charge in [0.2, 0.25) is 0 Å². The fourth-order valence-electron chi connectivity index (χ4n) is 2.01. The highest BCUT2D eigenvalue weighted by atomic mass is 16.5. The molecule has 0 aromatic heterocycles. The van der Waals surface area contributed by atoms with Crippen LogP contribution in [0.2, 0.25) is 0 Å². The van der Waals surface area contributed by atoms with Gasteiger partial charge in [0, 0.05) is 19.6 Å². The first-order chi connectivity index (χ1) is 8.69. The molecule has 1 unspecified atom stereocenters. The van der Waals surface area contributed by atoms with Crippen LogP contribution in [-0.4, -0.2) is 44.3 Å². The quantitative estimate of drug-likeness (QED) is 0.775. The molecule has 5 heteroatoms. The van der Waals surface area contributed by atoms with E-state index in [4.69, 9.17) is 15.7 Å². The number of ether oxygens (including phenoxy) is 1. The molecule has 3 N–H and O–H groups in total. The van der Waals surface area contributed by atoms with Gasteiger partial charge in [0.1, 0.15) is 0 Å². The number of hydrogen-bond acceptors (Lipinski definition) is 5. The van der Waals surface area contributed by atoms with E-state index in [1.165, 1.54) is 0 Å². The van der Waals surface area contributed by atoms with Crippen LogP contribution >= 0.6 is 0 Å². The Hall–Kier alpha value is -1.77. The molecule has 1 fully saturated rings. The second-order valence-corrected chi connectivity index (χ2v) is 4.55. The van der Waals surface area contributed by atoms with Crippen molar-refractivity contribution in [3.63, 3.8) is 0 Å². The monoisotopic (exact) mass is 246 g/mol. The van der Waals surface area contributed by atoms with Crippen LogP contribution in [0.3, 0.4) is 0 Å². The van der Waals surface area contributed by atoms with E-state index in [1.54, 1.807) is 12.1 Å². The average Bonchev–Trinajstić information content (AvgIpc) is 2.37. The Morgan fingerprint density at radius 2 is 2.44 bits per heavy atom. The molecule has 1 aliphatic rings. The van der Waals surface area contributed by atoms with Crippen molar-refractivity contribution in [2.24, 2.45) is 0 Å². The molecule has 0 spiro atoms. The molecule has 0 radical (unpaired) electrons. The van der Waals surface area contributed by atoms with E-state index in [0.717, 1.165) is 31.9 Å². The third-order valence-corrected chi connectivity index (χ3v) is 3.04. The fourth-order valence-corrected chi connectivity index (χ4v) is 2.01. The molecule has 5 nitrogen and oxygen atoms in total. The summed E-state index contributed by atoms with van der Waals surface area (Å²) in [5.41, 5.74) is 7.90. The zero-order valence-corrected chi connectivity index (χ0v) is 10.5. The highest BCUT2D eigenvalue weighted by molar-refractivity contribution is 5.68. The van der Waals surface area contributed by atoms with Gasteiger partial charge in [0.25, 0.3) is 0 Å². The van der Waals surface area contributed by atoms with E-state index in [2.05, 4.69) is 23.3 Å². The number of nitriles is 1. The summed E-state index contributed by atoms with van der Waals surface area (Å²) in [7, 11) is 2.09. The molecule has 2 rings (SSSR count). The van der Waals surface area contributed by atoms with Crippen LogP contribution in [0.1, 0.15) is 5.56 Å². The van der Waals surface area contributed by atoms with Gasteiger partial charge in [0.15, 0.2) is 0 Å². The Bertz CT molecular complexity index is 455. The number of nitrogens with one attached hydrogen (secondary N) is 1. The third-order valence-electron chi connectivity index (χ3n) is 3.04. The van der Waals surface area contributed by atoms with Gasteiger partial charge >= 0.3 is 0 Å². The minimum Gasteiger partial charge on any atom is -0.397 e. The number of nitrogens with zero attached hydrogens (tertiary/aromatic N) is 2. The molecule has 0 bridgehead atoms. The summed E-state index contributed by atoms with van der Waals surface area (Å²) in [6.45, 7) is 3.39. The number of hydrogen-bond donors (Lipinski definition) is 2. The highest BCUT2D eigenvalue weighted by Crippen LogP contribution is 2.19. The number of nitrogen functional groups attached to an aromatic ring is 1. The van der Waals surface area contributed by atoms with E-state index in [0.29, 0.717) is 11.3 Å². The lowest BCUT2D eigenvalue weighted by Gasteiger charge is -2.30. The van der Waals surface area contributed by atoms with Gasteiger partial charge in [-0.2, -0.15) is 5.26 Å². The standard InChI is InChI=1S/C13H18N4O/c1-17-4-5-18-11(9-17)8-16-13-3-2-10(7-14)6-12(13)15/h2-3,6,11,16H,4-5,8-9,15H2,1H3. The van der Waals surface area contributed by atoms with Crippen molar-refractivity contribution >= 4 is 11.4 Å². The molecule has 1 heterocycles. The summed E-state index contributed by atoms with van der Waals surface area (Å²) in [6.07, 6.45) is 0.179. The maximum Gasteiger partial charge on any atom is 0.0992 e. The van der Waals surface area contributed by atoms with Crippen LogP contribution in [0, 0.1) is 11.3 Å². The maximum absolute atomic E-state index is 8.76. The predicted octanol–water partition coefficient (Wildman–Crippen LogP) is 0.883. The minimum absolute atomic E-state index is 0.179. The second-order valence-electron chi connectivity index (χ2n) is 4.55. The van der Waals surface area contributed by atoms with Crippen molar-refractivity contribution in [1.82, 2.24) is 4.90 Å². The van der Waals surface area contributed by atoms with Crippen molar-refractivity contribution in [1.29, 1.82) is 5.26 Å². The molecule has 0 aliphatic carbocycles. The zero-order chi connectivity index (χ0) is 13.0. The van der Waals surface area contributed by atoms with Crippen LogP contribution in [0.5, 0.6) is 0 Å². The van der Waals surface area contributed by atoms with Gasteiger partial charge in [-0.1, -0.05) is 0 Å². The molecular formula is C13H18N4O. The van der Waals surface area contributed by atoms with E-state index in [-0.39, 0.29) is 6.10 Å². The first-order valence-electron chi connectivity index (χ1n) is 6.02. The van der Waals surface area contributed by atoms with Gasteiger partial charge in [0.05, 0.1) is 35.7 Å². The number of anilines is 2. The number of likely N-dealkylation sites (N-methyl/N-ethyl adjacent to an activating group) is 1. The lowest BCUT2D eigenvalue weighted by Crippen LogP contribution is -2.43. The molecule has 1 saturated heterocycles. The molecule has 0 amide bonds.